The number of nitrogens with zero attached hydrogens (tertiary/aromatic N) is 2. The summed E-state index contributed by atoms with van der Waals surface area (Å²) in [5.74, 6) is 1.02. The highest BCUT2D eigenvalue weighted by Crippen LogP contribution is 2.42. The molecule has 1 aliphatic heterocycles. The van der Waals surface area contributed by atoms with Crippen LogP contribution in [0.2, 0.25) is 0 Å². The molecule has 27 heavy (non-hydrogen) atoms. The molecule has 0 atom stereocenters. The van der Waals surface area contributed by atoms with Crippen molar-refractivity contribution in [2.45, 2.75) is 39.7 Å². The van der Waals surface area contributed by atoms with Crippen LogP contribution in [0.5, 0.6) is 0 Å². The molecule has 0 unspecified atom stereocenters. The van der Waals surface area contributed by atoms with Crippen molar-refractivity contribution in [2.24, 2.45) is 0 Å². The zero-order chi connectivity index (χ0) is 18.8. The van der Waals surface area contributed by atoms with Crippen molar-refractivity contribution >= 4 is 22.2 Å². The van der Waals surface area contributed by atoms with Crippen LogP contribution in [0.4, 0.5) is 5.00 Å². The predicted octanol–water partition coefficient (Wildman–Crippen LogP) is 4.06. The number of hydrogen-bond donors (Lipinski definition) is 1. The van der Waals surface area contributed by atoms with Crippen molar-refractivity contribution in [1.29, 1.82) is 0 Å². The van der Waals surface area contributed by atoms with E-state index in [0.29, 0.717) is 37.8 Å². The quantitative estimate of drug-likeness (QED) is 0.719. The van der Waals surface area contributed by atoms with E-state index in [2.05, 4.69) is 34.5 Å². The van der Waals surface area contributed by atoms with Gasteiger partial charge in [-0.15, -0.1) is 11.3 Å². The summed E-state index contributed by atoms with van der Waals surface area (Å²) in [6.07, 6.45) is 1.91. The number of aryl methyl sites for hydroxylation is 3. The number of fused-ring (bicyclic) bond motifs is 1. The molecule has 140 valence electrons. The average Bonchev–Trinajstić information content (AvgIpc) is 3.22. The van der Waals surface area contributed by atoms with Gasteiger partial charge in [-0.1, -0.05) is 35.0 Å². The molecule has 1 amide bonds. The van der Waals surface area contributed by atoms with E-state index in [1.54, 1.807) is 6.92 Å². The number of nitrogens with one attached hydrogen (secondary N) is 1. The van der Waals surface area contributed by atoms with Crippen LogP contribution in [0, 0.1) is 13.8 Å². The summed E-state index contributed by atoms with van der Waals surface area (Å²) in [7, 11) is 0. The van der Waals surface area contributed by atoms with E-state index in [9.17, 15) is 4.79 Å². The maximum absolute atomic E-state index is 12.6. The second-order valence-electron chi connectivity index (χ2n) is 6.69. The molecular weight excluding hydrogens is 362 g/mol. The number of ether oxygens (including phenoxy) is 1. The van der Waals surface area contributed by atoms with E-state index >= 15 is 0 Å². The highest BCUT2D eigenvalue weighted by atomic mass is 32.1. The molecule has 1 aliphatic rings. The van der Waals surface area contributed by atoms with Crippen LogP contribution in [-0.2, 0) is 29.0 Å². The molecule has 4 rings (SSSR count). The number of anilines is 1. The summed E-state index contributed by atoms with van der Waals surface area (Å²) in [6, 6.07) is 8.24. The number of aromatic nitrogens is 2. The molecule has 1 aromatic carbocycles. The zero-order valence-corrected chi connectivity index (χ0v) is 16.2. The monoisotopic (exact) mass is 383 g/mol. The molecule has 0 aliphatic carbocycles. The third-order valence-corrected chi connectivity index (χ3v) is 5.66. The normalized spacial score (nSPS) is 13.4. The number of carbonyl (C=O) groups is 1. The average molecular weight is 383 g/mol. The Morgan fingerprint density at radius 1 is 1.33 bits per heavy atom. The maximum atomic E-state index is 12.6. The summed E-state index contributed by atoms with van der Waals surface area (Å²) in [5.41, 5.74) is 4.36. The van der Waals surface area contributed by atoms with Crippen LogP contribution in [0.1, 0.15) is 33.8 Å². The number of carbonyl (C=O) groups excluding carboxylic acids is 1. The Balaban J connectivity index is 1.54. The zero-order valence-electron chi connectivity index (χ0n) is 15.4. The van der Waals surface area contributed by atoms with Crippen LogP contribution in [0.25, 0.3) is 11.5 Å². The molecule has 3 aromatic rings. The Morgan fingerprint density at radius 2 is 2.22 bits per heavy atom. The van der Waals surface area contributed by atoms with Gasteiger partial charge in [-0.25, -0.2) is 0 Å². The number of benzene rings is 1. The molecule has 3 heterocycles. The Labute approximate surface area is 161 Å². The molecule has 0 saturated heterocycles. The molecule has 7 heteroatoms. The number of amides is 1. The largest absolute Gasteiger partial charge is 0.376 e. The smallest absolute Gasteiger partial charge is 0.261 e. The van der Waals surface area contributed by atoms with Crippen LogP contribution < -0.4 is 5.32 Å². The highest BCUT2D eigenvalue weighted by Gasteiger charge is 2.26. The minimum Gasteiger partial charge on any atom is -0.376 e. The van der Waals surface area contributed by atoms with Gasteiger partial charge in [0.05, 0.1) is 18.8 Å². The molecule has 0 spiro atoms. The van der Waals surface area contributed by atoms with Gasteiger partial charge in [-0.3, -0.25) is 4.79 Å². The summed E-state index contributed by atoms with van der Waals surface area (Å²) < 4.78 is 11.0. The van der Waals surface area contributed by atoms with E-state index in [-0.39, 0.29) is 5.91 Å². The molecule has 0 radical (unpaired) electrons. The summed E-state index contributed by atoms with van der Waals surface area (Å²) in [6.45, 7) is 5.05. The van der Waals surface area contributed by atoms with Crippen molar-refractivity contribution in [2.75, 3.05) is 11.9 Å². The van der Waals surface area contributed by atoms with Gasteiger partial charge in [-0.2, -0.15) is 4.98 Å². The fourth-order valence-electron chi connectivity index (χ4n) is 3.26. The third-order valence-electron chi connectivity index (χ3n) is 4.54. The van der Waals surface area contributed by atoms with Gasteiger partial charge in [0.15, 0.2) is 5.82 Å². The van der Waals surface area contributed by atoms with Crippen molar-refractivity contribution in [3.63, 3.8) is 0 Å². The van der Waals surface area contributed by atoms with Crippen molar-refractivity contribution in [3.05, 3.63) is 51.7 Å². The lowest BCUT2D eigenvalue weighted by Gasteiger charge is -2.12. The Morgan fingerprint density at radius 3 is 3.00 bits per heavy atom. The lowest BCUT2D eigenvalue weighted by molar-refractivity contribution is -0.116. The maximum Gasteiger partial charge on any atom is 0.261 e. The molecular formula is C20H21N3O3S. The van der Waals surface area contributed by atoms with Gasteiger partial charge in [0, 0.05) is 11.3 Å². The first kappa shape index (κ1) is 17.9. The van der Waals surface area contributed by atoms with Crippen LogP contribution in [0.15, 0.2) is 28.8 Å². The molecule has 1 N–H and O–H groups in total. The lowest BCUT2D eigenvalue weighted by atomic mass is 10.1. The molecule has 0 saturated carbocycles. The summed E-state index contributed by atoms with van der Waals surface area (Å²) >= 11 is 1.53. The Kier molecular flexibility index (Phi) is 5.05. The second-order valence-corrected chi connectivity index (χ2v) is 7.80. The van der Waals surface area contributed by atoms with E-state index < -0.39 is 0 Å². The first-order valence-electron chi connectivity index (χ1n) is 8.98. The molecule has 0 bridgehead atoms. The summed E-state index contributed by atoms with van der Waals surface area (Å²) in [4.78, 5) is 18.1. The Bertz CT molecular complexity index is 977. The lowest BCUT2D eigenvalue weighted by Crippen LogP contribution is -2.12. The van der Waals surface area contributed by atoms with Crippen molar-refractivity contribution in [1.82, 2.24) is 10.1 Å². The van der Waals surface area contributed by atoms with Crippen LogP contribution in [0.3, 0.4) is 0 Å². The molecule has 0 fully saturated rings. The van der Waals surface area contributed by atoms with Crippen molar-refractivity contribution in [3.8, 4) is 11.5 Å². The van der Waals surface area contributed by atoms with Crippen molar-refractivity contribution < 1.29 is 14.1 Å². The van der Waals surface area contributed by atoms with Gasteiger partial charge in [-0.05, 0) is 37.8 Å². The SMILES string of the molecule is Cc1cccc(CCC(=O)Nc2sc3c(c2-c2nc(C)no2)CCOC3)c1. The summed E-state index contributed by atoms with van der Waals surface area (Å²) in [5, 5.41) is 7.72. The number of thiophene rings is 1. The van der Waals surface area contributed by atoms with Gasteiger partial charge in [0.1, 0.15) is 5.00 Å². The first-order chi connectivity index (χ1) is 13.1. The van der Waals surface area contributed by atoms with Gasteiger partial charge in [0.2, 0.25) is 5.91 Å². The third kappa shape index (κ3) is 3.94. The predicted molar refractivity (Wildman–Crippen MR) is 104 cm³/mol. The van der Waals surface area contributed by atoms with Crippen LogP contribution in [-0.4, -0.2) is 22.7 Å². The molecule has 2 aromatic heterocycles. The Hall–Kier alpha value is -2.51. The van der Waals surface area contributed by atoms with E-state index in [1.807, 2.05) is 12.1 Å². The van der Waals surface area contributed by atoms with Crippen LogP contribution >= 0.6 is 11.3 Å². The minimum atomic E-state index is -0.0199. The second kappa shape index (κ2) is 7.62. The van der Waals surface area contributed by atoms with Gasteiger partial charge >= 0.3 is 0 Å². The standard InChI is InChI=1S/C20H21N3O3S/c1-12-4-3-5-14(10-12)6-7-17(24)22-20-18(19-21-13(2)23-26-19)15-8-9-25-11-16(15)27-20/h3-5,10H,6-9,11H2,1-2H3,(H,22,24). The van der Waals surface area contributed by atoms with Gasteiger partial charge < -0.3 is 14.6 Å². The molecule has 6 nitrogen and oxygen atoms in total. The fraction of sp³-hybridized carbons (Fsp3) is 0.350. The first-order valence-corrected chi connectivity index (χ1v) is 9.80. The topological polar surface area (TPSA) is 77.3 Å². The highest BCUT2D eigenvalue weighted by molar-refractivity contribution is 7.17. The van der Waals surface area contributed by atoms with E-state index in [1.165, 1.54) is 16.9 Å². The van der Waals surface area contributed by atoms with E-state index in [4.69, 9.17) is 9.26 Å². The number of rotatable bonds is 5. The fourth-order valence-corrected chi connectivity index (χ4v) is 4.45. The number of hydrogen-bond acceptors (Lipinski definition) is 6. The van der Waals surface area contributed by atoms with E-state index in [0.717, 1.165) is 33.0 Å². The minimum absolute atomic E-state index is 0.0199. The van der Waals surface area contributed by atoms with Gasteiger partial charge in [0.25, 0.3) is 5.89 Å².